The van der Waals surface area contributed by atoms with Crippen molar-refractivity contribution in [3.05, 3.63) is 28.8 Å². The van der Waals surface area contributed by atoms with Crippen molar-refractivity contribution in [3.8, 4) is 0 Å². The molecule has 1 N–H and O–H groups in total. The molecule has 1 atom stereocenters. The molecule has 3 aliphatic rings. The van der Waals surface area contributed by atoms with Crippen molar-refractivity contribution in [2.75, 3.05) is 63.9 Å². The van der Waals surface area contributed by atoms with Gasteiger partial charge >= 0.3 is 0 Å². The molecule has 1 unspecified atom stereocenters. The van der Waals surface area contributed by atoms with Gasteiger partial charge in [0.05, 0.1) is 17.3 Å². The van der Waals surface area contributed by atoms with Crippen LogP contribution in [0.5, 0.6) is 0 Å². The molecule has 1 aromatic rings. The fourth-order valence-corrected chi connectivity index (χ4v) is 5.22. The molecule has 4 rings (SSSR count). The molecule has 0 spiro atoms. The number of nitrogens with zero attached hydrogens (tertiary/aromatic N) is 3. The largest absolute Gasteiger partial charge is 0.370 e. The molecule has 0 radical (unpaired) electrons. The van der Waals surface area contributed by atoms with Gasteiger partial charge in [0.2, 0.25) is 5.91 Å². The number of anilines is 1. The second kappa shape index (κ2) is 10.5. The Morgan fingerprint density at radius 1 is 1.09 bits per heavy atom. The average molecular weight is 463 g/mol. The monoisotopic (exact) mass is 462 g/mol. The number of nitrogens with one attached hydrogen (secondary N) is 1. The number of hydrogen-bond donors (Lipinski definition) is 1. The fourth-order valence-electron chi connectivity index (χ4n) is 4.92. The van der Waals surface area contributed by atoms with Crippen LogP contribution in [-0.2, 0) is 9.53 Å². The summed E-state index contributed by atoms with van der Waals surface area (Å²) in [5, 5.41) is 3.76. The number of hydrogen-bond acceptors (Lipinski definition) is 6. The molecule has 32 heavy (non-hydrogen) atoms. The minimum absolute atomic E-state index is 0.0347. The Labute approximate surface area is 196 Å². The number of ether oxygens (including phenoxy) is 1. The summed E-state index contributed by atoms with van der Waals surface area (Å²) in [5.41, 5.74) is 1.51. The van der Waals surface area contributed by atoms with Gasteiger partial charge in [-0.25, -0.2) is 0 Å². The first-order chi connectivity index (χ1) is 15.4. The van der Waals surface area contributed by atoms with Gasteiger partial charge in [-0.15, -0.1) is 0 Å². The van der Waals surface area contributed by atoms with Crippen LogP contribution < -0.4 is 10.2 Å². The number of amides is 1. The number of piperidine rings is 1. The van der Waals surface area contributed by atoms with E-state index < -0.39 is 6.10 Å². The quantitative estimate of drug-likeness (QED) is 0.677. The van der Waals surface area contributed by atoms with E-state index in [4.69, 9.17) is 16.3 Å². The SMILES string of the molecule is CC(C)N1CCN(C(=O)C2CCN(c3ccc(C(=O)C4CNCCO4)cc3Cl)CC2)CC1. The van der Waals surface area contributed by atoms with Gasteiger partial charge in [0.15, 0.2) is 5.78 Å². The average Bonchev–Trinajstić information content (AvgIpc) is 2.84. The van der Waals surface area contributed by atoms with Crippen LogP contribution in [0.15, 0.2) is 18.2 Å². The van der Waals surface area contributed by atoms with Crippen molar-refractivity contribution < 1.29 is 14.3 Å². The number of carbonyl (C=O) groups is 2. The normalized spacial score (nSPS) is 23.6. The lowest BCUT2D eigenvalue weighted by molar-refractivity contribution is -0.138. The van der Waals surface area contributed by atoms with Gasteiger partial charge < -0.3 is 19.9 Å². The van der Waals surface area contributed by atoms with Gasteiger partial charge in [-0.05, 0) is 44.9 Å². The third-order valence-corrected chi connectivity index (χ3v) is 7.30. The summed E-state index contributed by atoms with van der Waals surface area (Å²) in [5.74, 6) is 0.362. The molecule has 3 heterocycles. The number of halogens is 1. The van der Waals surface area contributed by atoms with Crippen molar-refractivity contribution >= 4 is 29.0 Å². The molecular weight excluding hydrogens is 428 g/mol. The molecule has 176 valence electrons. The first kappa shape index (κ1) is 23.5. The van der Waals surface area contributed by atoms with Crippen LogP contribution in [0.2, 0.25) is 5.02 Å². The minimum atomic E-state index is -0.449. The summed E-state index contributed by atoms with van der Waals surface area (Å²) in [6, 6.07) is 6.06. The van der Waals surface area contributed by atoms with Crippen LogP contribution in [0.1, 0.15) is 37.0 Å². The third kappa shape index (κ3) is 5.28. The van der Waals surface area contributed by atoms with E-state index in [1.165, 1.54) is 0 Å². The van der Waals surface area contributed by atoms with Crippen LogP contribution in [-0.4, -0.2) is 92.6 Å². The van der Waals surface area contributed by atoms with E-state index in [2.05, 4.69) is 33.9 Å². The number of piperazine rings is 1. The smallest absolute Gasteiger partial charge is 0.225 e. The van der Waals surface area contributed by atoms with E-state index in [-0.39, 0.29) is 11.7 Å². The zero-order chi connectivity index (χ0) is 22.7. The van der Waals surface area contributed by atoms with Crippen LogP contribution in [0, 0.1) is 5.92 Å². The second-order valence-electron chi connectivity index (χ2n) is 9.31. The Balaban J connectivity index is 1.31. The van der Waals surface area contributed by atoms with Crippen LogP contribution in [0.25, 0.3) is 0 Å². The van der Waals surface area contributed by atoms with Crippen molar-refractivity contribution in [2.45, 2.75) is 38.8 Å². The van der Waals surface area contributed by atoms with Crippen LogP contribution in [0.4, 0.5) is 5.69 Å². The summed E-state index contributed by atoms with van der Waals surface area (Å²) in [6.07, 6.45) is 1.22. The molecule has 7 nitrogen and oxygen atoms in total. The second-order valence-corrected chi connectivity index (χ2v) is 9.72. The number of morpholine rings is 1. The number of ketones is 1. The highest BCUT2D eigenvalue weighted by atomic mass is 35.5. The third-order valence-electron chi connectivity index (χ3n) is 6.99. The lowest BCUT2D eigenvalue weighted by Gasteiger charge is -2.40. The van der Waals surface area contributed by atoms with Crippen LogP contribution in [0.3, 0.4) is 0 Å². The Morgan fingerprint density at radius 2 is 1.81 bits per heavy atom. The number of rotatable bonds is 5. The highest BCUT2D eigenvalue weighted by Crippen LogP contribution is 2.31. The lowest BCUT2D eigenvalue weighted by atomic mass is 9.94. The van der Waals surface area contributed by atoms with E-state index in [1.54, 1.807) is 6.07 Å². The molecule has 8 heteroatoms. The molecule has 1 aromatic carbocycles. The van der Waals surface area contributed by atoms with Gasteiger partial charge in [0.25, 0.3) is 0 Å². The van der Waals surface area contributed by atoms with E-state index >= 15 is 0 Å². The number of benzene rings is 1. The topological polar surface area (TPSA) is 65.1 Å². The molecule has 3 aliphatic heterocycles. The van der Waals surface area contributed by atoms with E-state index in [1.807, 2.05) is 12.1 Å². The van der Waals surface area contributed by atoms with E-state index in [0.29, 0.717) is 35.7 Å². The Morgan fingerprint density at radius 3 is 2.41 bits per heavy atom. The molecular formula is C24H35ClN4O3. The van der Waals surface area contributed by atoms with Crippen molar-refractivity contribution in [3.63, 3.8) is 0 Å². The molecule has 0 saturated carbocycles. The van der Waals surface area contributed by atoms with Gasteiger partial charge in [0.1, 0.15) is 6.10 Å². The summed E-state index contributed by atoms with van der Waals surface area (Å²) < 4.78 is 5.58. The Kier molecular flexibility index (Phi) is 7.71. The van der Waals surface area contributed by atoms with Crippen molar-refractivity contribution in [1.82, 2.24) is 15.1 Å². The zero-order valence-corrected chi connectivity index (χ0v) is 19.9. The van der Waals surface area contributed by atoms with E-state index in [0.717, 1.165) is 64.3 Å². The predicted octanol–water partition coefficient (Wildman–Crippen LogP) is 2.28. The predicted molar refractivity (Wildman–Crippen MR) is 127 cm³/mol. The number of Topliss-reactive ketones (excluding diaryl/α,β-unsaturated/α-hetero) is 1. The standard InChI is InChI=1S/C24H35ClN4O3/c1-17(2)27-10-12-29(13-11-27)24(31)18-5-8-28(9-6-18)21-4-3-19(15-20(21)25)23(30)22-16-26-7-14-32-22/h3-4,15,17-18,22,26H,5-14,16H2,1-2H3. The zero-order valence-electron chi connectivity index (χ0n) is 19.2. The maximum atomic E-state index is 13.0. The maximum Gasteiger partial charge on any atom is 0.225 e. The summed E-state index contributed by atoms with van der Waals surface area (Å²) >= 11 is 6.58. The molecule has 0 bridgehead atoms. The fraction of sp³-hybridized carbons (Fsp3) is 0.667. The Bertz CT molecular complexity index is 811. The highest BCUT2D eigenvalue weighted by Gasteiger charge is 2.31. The minimum Gasteiger partial charge on any atom is -0.370 e. The van der Waals surface area contributed by atoms with Crippen molar-refractivity contribution in [2.24, 2.45) is 5.92 Å². The highest BCUT2D eigenvalue weighted by molar-refractivity contribution is 6.33. The first-order valence-electron chi connectivity index (χ1n) is 11.9. The maximum absolute atomic E-state index is 13.0. The van der Waals surface area contributed by atoms with Gasteiger partial charge in [-0.2, -0.15) is 0 Å². The molecule has 3 saturated heterocycles. The Hall–Kier alpha value is -1.67. The van der Waals surface area contributed by atoms with Gasteiger partial charge in [-0.1, -0.05) is 11.6 Å². The number of carbonyl (C=O) groups excluding carboxylic acids is 2. The summed E-state index contributed by atoms with van der Waals surface area (Å²) in [6.45, 7) is 11.5. The lowest BCUT2D eigenvalue weighted by Crippen LogP contribution is -2.53. The summed E-state index contributed by atoms with van der Waals surface area (Å²) in [4.78, 5) is 32.4. The molecule has 0 aliphatic carbocycles. The van der Waals surface area contributed by atoms with Gasteiger partial charge in [0, 0.05) is 69.9 Å². The van der Waals surface area contributed by atoms with Crippen molar-refractivity contribution in [1.29, 1.82) is 0 Å². The summed E-state index contributed by atoms with van der Waals surface area (Å²) in [7, 11) is 0. The molecule has 0 aromatic heterocycles. The molecule has 1 amide bonds. The van der Waals surface area contributed by atoms with Gasteiger partial charge in [-0.3, -0.25) is 14.5 Å². The van der Waals surface area contributed by atoms with E-state index in [9.17, 15) is 9.59 Å². The van der Waals surface area contributed by atoms with Crippen LogP contribution >= 0.6 is 11.6 Å². The first-order valence-corrected chi connectivity index (χ1v) is 12.3. The molecule has 3 fully saturated rings.